The molecule has 0 atom stereocenters. The average Bonchev–Trinajstić information content (AvgIpc) is 2.68. The highest BCUT2D eigenvalue weighted by Gasteiger charge is 2.38. The lowest BCUT2D eigenvalue weighted by Gasteiger charge is -2.33. The molecule has 146 valence electrons. The summed E-state index contributed by atoms with van der Waals surface area (Å²) in [7, 11) is 4.05. The van der Waals surface area contributed by atoms with Crippen molar-refractivity contribution in [2.45, 2.75) is 44.9 Å². The molecule has 0 aromatic heterocycles. The number of carbonyl (C=O) groups excluding carboxylic acids is 1. The molecule has 27 heavy (non-hydrogen) atoms. The van der Waals surface area contributed by atoms with Crippen molar-refractivity contribution in [1.29, 1.82) is 0 Å². The maximum absolute atomic E-state index is 13.6. The highest BCUT2D eigenvalue weighted by Crippen LogP contribution is 2.38. The van der Waals surface area contributed by atoms with E-state index in [1.807, 2.05) is 56.6 Å². The van der Waals surface area contributed by atoms with Crippen LogP contribution in [0.2, 0.25) is 0 Å². The second-order valence-electron chi connectivity index (χ2n) is 7.45. The zero-order valence-corrected chi connectivity index (χ0v) is 17.2. The molecule has 0 aliphatic carbocycles. The third-order valence-electron chi connectivity index (χ3n) is 5.04. The van der Waals surface area contributed by atoms with Crippen molar-refractivity contribution in [2.75, 3.05) is 27.2 Å². The van der Waals surface area contributed by atoms with Gasteiger partial charge >= 0.3 is 0 Å². The van der Waals surface area contributed by atoms with Gasteiger partial charge in [-0.15, -0.1) is 0 Å². The average molecular weight is 368 g/mol. The van der Waals surface area contributed by atoms with E-state index in [1.165, 1.54) is 0 Å². The van der Waals surface area contributed by atoms with E-state index in [-0.39, 0.29) is 5.78 Å². The number of rotatable bonds is 11. The predicted octanol–water partition coefficient (Wildman–Crippen LogP) is 5.35. The number of hydrogen-bond acceptors (Lipinski definition) is 3. The Morgan fingerprint density at radius 3 is 2.04 bits per heavy atom. The largest absolute Gasteiger partial charge is 0.492 e. The summed E-state index contributed by atoms with van der Waals surface area (Å²) >= 11 is 0. The summed E-state index contributed by atoms with van der Waals surface area (Å²) in [6, 6.07) is 17.9. The number of benzene rings is 2. The van der Waals surface area contributed by atoms with Crippen LogP contribution in [0.1, 0.15) is 55.5 Å². The summed E-state index contributed by atoms with van der Waals surface area (Å²) in [6.45, 7) is 5.81. The summed E-state index contributed by atoms with van der Waals surface area (Å²) in [4.78, 5) is 15.7. The Morgan fingerprint density at radius 2 is 1.52 bits per heavy atom. The minimum absolute atomic E-state index is 0.220. The first-order chi connectivity index (χ1) is 13.0. The lowest BCUT2D eigenvalue weighted by atomic mass is 9.68. The molecule has 0 fully saturated rings. The molecule has 2 aromatic carbocycles. The van der Waals surface area contributed by atoms with Gasteiger partial charge in [0.15, 0.2) is 5.78 Å². The smallest absolute Gasteiger partial charge is 0.173 e. The minimum atomic E-state index is -0.446. The van der Waals surface area contributed by atoms with Gasteiger partial charge in [-0.05, 0) is 56.8 Å². The van der Waals surface area contributed by atoms with Gasteiger partial charge in [0.25, 0.3) is 0 Å². The highest BCUT2D eigenvalue weighted by atomic mass is 16.5. The molecule has 0 saturated heterocycles. The van der Waals surface area contributed by atoms with Gasteiger partial charge in [-0.2, -0.15) is 0 Å². The maximum Gasteiger partial charge on any atom is 0.173 e. The molecule has 0 unspecified atom stereocenters. The first-order valence-electron chi connectivity index (χ1n) is 10.0. The second-order valence-corrected chi connectivity index (χ2v) is 7.45. The fourth-order valence-corrected chi connectivity index (χ4v) is 3.71. The number of Topliss-reactive ketones (excluding diaryl/α,β-unsaturated/α-hetero) is 1. The van der Waals surface area contributed by atoms with Crippen LogP contribution in [0, 0.1) is 0 Å². The number of ether oxygens (including phenoxy) is 1. The topological polar surface area (TPSA) is 29.5 Å². The van der Waals surface area contributed by atoms with E-state index in [2.05, 4.69) is 30.9 Å². The quantitative estimate of drug-likeness (QED) is 0.502. The second kappa shape index (κ2) is 10.3. The third kappa shape index (κ3) is 5.43. The highest BCUT2D eigenvalue weighted by molar-refractivity contribution is 6.04. The molecule has 2 aromatic rings. The van der Waals surface area contributed by atoms with Crippen LogP contribution in [0.4, 0.5) is 0 Å². The van der Waals surface area contributed by atoms with Crippen molar-refractivity contribution in [1.82, 2.24) is 4.90 Å². The fourth-order valence-electron chi connectivity index (χ4n) is 3.71. The molecular weight excluding hydrogens is 334 g/mol. The number of ketones is 1. The zero-order valence-electron chi connectivity index (χ0n) is 17.2. The normalized spacial score (nSPS) is 11.6. The van der Waals surface area contributed by atoms with Crippen LogP contribution in [0.5, 0.6) is 5.75 Å². The first-order valence-corrected chi connectivity index (χ1v) is 10.0. The van der Waals surface area contributed by atoms with E-state index in [4.69, 9.17) is 4.74 Å². The predicted molar refractivity (Wildman–Crippen MR) is 113 cm³/mol. The summed E-state index contributed by atoms with van der Waals surface area (Å²) < 4.78 is 5.76. The van der Waals surface area contributed by atoms with Crippen LogP contribution in [-0.4, -0.2) is 37.9 Å². The van der Waals surface area contributed by atoms with Crippen molar-refractivity contribution < 1.29 is 9.53 Å². The van der Waals surface area contributed by atoms with E-state index < -0.39 is 5.41 Å². The van der Waals surface area contributed by atoms with Gasteiger partial charge in [0.2, 0.25) is 0 Å². The van der Waals surface area contributed by atoms with E-state index in [0.717, 1.165) is 49.1 Å². The van der Waals surface area contributed by atoms with Crippen molar-refractivity contribution in [2.24, 2.45) is 0 Å². The van der Waals surface area contributed by atoms with E-state index in [9.17, 15) is 4.79 Å². The third-order valence-corrected chi connectivity index (χ3v) is 5.04. The van der Waals surface area contributed by atoms with Crippen LogP contribution < -0.4 is 4.74 Å². The molecule has 0 N–H and O–H groups in total. The summed E-state index contributed by atoms with van der Waals surface area (Å²) in [5.74, 6) is 1.03. The summed E-state index contributed by atoms with van der Waals surface area (Å²) in [6.07, 6.45) is 3.69. The lowest BCUT2D eigenvalue weighted by Crippen LogP contribution is -2.36. The SMILES string of the molecule is CCCC(CCC)(C(=O)c1ccc(OCCN(C)C)cc1)c1ccccc1. The van der Waals surface area contributed by atoms with Gasteiger partial charge in [0.1, 0.15) is 12.4 Å². The maximum atomic E-state index is 13.6. The molecule has 0 aliphatic heterocycles. The molecule has 0 amide bonds. The van der Waals surface area contributed by atoms with Gasteiger partial charge in [-0.1, -0.05) is 57.0 Å². The Kier molecular flexibility index (Phi) is 8.05. The van der Waals surface area contributed by atoms with Crippen molar-refractivity contribution in [3.63, 3.8) is 0 Å². The molecule has 0 aliphatic rings. The Morgan fingerprint density at radius 1 is 0.926 bits per heavy atom. The van der Waals surface area contributed by atoms with Gasteiger partial charge in [-0.3, -0.25) is 4.79 Å². The number of hydrogen-bond donors (Lipinski definition) is 0. The van der Waals surface area contributed by atoms with E-state index in [0.29, 0.717) is 6.61 Å². The minimum Gasteiger partial charge on any atom is -0.492 e. The van der Waals surface area contributed by atoms with Crippen molar-refractivity contribution >= 4 is 5.78 Å². The van der Waals surface area contributed by atoms with Crippen LogP contribution in [-0.2, 0) is 5.41 Å². The Bertz CT molecular complexity index is 686. The number of carbonyl (C=O) groups is 1. The molecule has 0 radical (unpaired) electrons. The Balaban J connectivity index is 2.27. The van der Waals surface area contributed by atoms with Gasteiger partial charge in [-0.25, -0.2) is 0 Å². The van der Waals surface area contributed by atoms with Crippen LogP contribution in [0.25, 0.3) is 0 Å². The van der Waals surface area contributed by atoms with Crippen LogP contribution >= 0.6 is 0 Å². The first kappa shape index (κ1) is 21.2. The molecule has 0 bridgehead atoms. The Hall–Kier alpha value is -2.13. The molecule has 0 saturated carbocycles. The molecular formula is C24H33NO2. The van der Waals surface area contributed by atoms with Crippen molar-refractivity contribution in [3.05, 3.63) is 65.7 Å². The van der Waals surface area contributed by atoms with E-state index >= 15 is 0 Å². The van der Waals surface area contributed by atoms with Gasteiger partial charge in [0.05, 0.1) is 5.41 Å². The standard InChI is InChI=1S/C24H33NO2/c1-5-16-24(17-6-2,21-10-8-7-9-11-21)23(26)20-12-14-22(15-13-20)27-19-18-25(3)4/h7-15H,5-6,16-19H2,1-4H3. The molecule has 0 spiro atoms. The summed E-state index contributed by atoms with van der Waals surface area (Å²) in [5.41, 5.74) is 1.45. The molecule has 3 heteroatoms. The molecule has 3 nitrogen and oxygen atoms in total. The zero-order chi connectivity index (χ0) is 19.7. The van der Waals surface area contributed by atoms with Crippen LogP contribution in [0.15, 0.2) is 54.6 Å². The summed E-state index contributed by atoms with van der Waals surface area (Å²) in [5, 5.41) is 0. The monoisotopic (exact) mass is 367 g/mol. The van der Waals surface area contributed by atoms with E-state index in [1.54, 1.807) is 0 Å². The molecule has 2 rings (SSSR count). The van der Waals surface area contributed by atoms with Crippen LogP contribution in [0.3, 0.4) is 0 Å². The molecule has 0 heterocycles. The van der Waals surface area contributed by atoms with Crippen molar-refractivity contribution in [3.8, 4) is 5.75 Å². The van der Waals surface area contributed by atoms with Gasteiger partial charge in [0, 0.05) is 12.1 Å². The number of likely N-dealkylation sites (N-methyl/N-ethyl adjacent to an activating group) is 1. The van der Waals surface area contributed by atoms with Gasteiger partial charge < -0.3 is 9.64 Å². The number of nitrogens with zero attached hydrogens (tertiary/aromatic N) is 1. The fraction of sp³-hybridized carbons (Fsp3) is 0.458. The Labute approximate surface area is 164 Å². The lowest BCUT2D eigenvalue weighted by molar-refractivity contribution is 0.0861.